The molecule has 1 saturated carbocycles. The lowest BCUT2D eigenvalue weighted by Crippen LogP contribution is -2.52. The van der Waals surface area contributed by atoms with Gasteiger partial charge >= 0.3 is 0 Å². The number of hydrogen-bond donors (Lipinski definition) is 3. The van der Waals surface area contributed by atoms with Crippen molar-refractivity contribution in [2.24, 2.45) is 11.7 Å². The third kappa shape index (κ3) is 5.44. The first-order chi connectivity index (χ1) is 15.7. The third-order valence-corrected chi connectivity index (χ3v) is 6.58. The van der Waals surface area contributed by atoms with Crippen molar-refractivity contribution in [1.82, 2.24) is 9.69 Å². The Labute approximate surface area is 197 Å². The molecule has 9 nitrogen and oxygen atoms in total. The molecule has 3 rings (SSSR count). The molecule has 3 amide bonds. The van der Waals surface area contributed by atoms with Crippen LogP contribution in [0.3, 0.4) is 0 Å². The number of carbonyl (C=O) groups excluding carboxylic acids is 3. The molecule has 33 heavy (non-hydrogen) atoms. The Morgan fingerprint density at radius 2 is 1.91 bits per heavy atom. The predicted molar refractivity (Wildman–Crippen MR) is 128 cm³/mol. The molecule has 0 radical (unpaired) electrons. The van der Waals surface area contributed by atoms with Crippen molar-refractivity contribution in [3.8, 4) is 5.75 Å². The van der Waals surface area contributed by atoms with Crippen molar-refractivity contribution < 1.29 is 19.1 Å². The molecule has 0 spiro atoms. The molecule has 1 aromatic carbocycles. The highest BCUT2D eigenvalue weighted by molar-refractivity contribution is 7.09. The van der Waals surface area contributed by atoms with Crippen molar-refractivity contribution in [1.29, 1.82) is 0 Å². The number of ether oxygens (including phenoxy) is 1. The van der Waals surface area contributed by atoms with Gasteiger partial charge in [-0.15, -0.1) is 0 Å². The zero-order valence-electron chi connectivity index (χ0n) is 19.2. The number of carbonyl (C=O) groups is 3. The van der Waals surface area contributed by atoms with Gasteiger partial charge in [-0.2, -0.15) is 4.37 Å². The Hall–Kier alpha value is -3.14. The Morgan fingerprint density at radius 3 is 2.48 bits per heavy atom. The van der Waals surface area contributed by atoms with E-state index in [4.69, 9.17) is 16.2 Å². The van der Waals surface area contributed by atoms with E-state index in [0.29, 0.717) is 17.9 Å². The third-order valence-electron chi connectivity index (χ3n) is 5.73. The fraction of sp³-hybridized carbons (Fsp3) is 0.478. The molecule has 10 heteroatoms. The molecular weight excluding hydrogens is 442 g/mol. The number of nitrogens with zero attached hydrogens (tertiary/aromatic N) is 2. The summed E-state index contributed by atoms with van der Waals surface area (Å²) in [5.74, 6) is -1.02. The number of rotatable bonds is 9. The summed E-state index contributed by atoms with van der Waals surface area (Å²) < 4.78 is 9.48. The van der Waals surface area contributed by atoms with E-state index in [0.717, 1.165) is 37.2 Å². The van der Waals surface area contributed by atoms with Crippen molar-refractivity contribution in [3.05, 3.63) is 34.8 Å². The minimum Gasteiger partial charge on any atom is -0.495 e. The lowest BCUT2D eigenvalue weighted by molar-refractivity contribution is -0.123. The van der Waals surface area contributed by atoms with Gasteiger partial charge in [0.25, 0.3) is 11.8 Å². The van der Waals surface area contributed by atoms with Crippen LogP contribution in [0.25, 0.3) is 0 Å². The van der Waals surface area contributed by atoms with Crippen LogP contribution >= 0.6 is 11.5 Å². The molecule has 178 valence electrons. The van der Waals surface area contributed by atoms with Gasteiger partial charge < -0.3 is 21.5 Å². The van der Waals surface area contributed by atoms with Crippen LogP contribution in [0.1, 0.15) is 66.1 Å². The minimum absolute atomic E-state index is 0.0529. The molecule has 0 saturated heterocycles. The summed E-state index contributed by atoms with van der Waals surface area (Å²) in [5, 5.41) is 3.13. The maximum absolute atomic E-state index is 13.9. The highest BCUT2D eigenvalue weighted by Gasteiger charge is 2.37. The first-order valence-corrected chi connectivity index (χ1v) is 11.8. The monoisotopic (exact) mass is 473 g/mol. The average molecular weight is 474 g/mol. The number of amides is 3. The second-order valence-corrected chi connectivity index (χ2v) is 9.39. The van der Waals surface area contributed by atoms with Gasteiger partial charge in [0.2, 0.25) is 5.91 Å². The predicted octanol–water partition coefficient (Wildman–Crippen LogP) is 2.95. The van der Waals surface area contributed by atoms with Gasteiger partial charge in [-0.25, -0.2) is 0 Å². The van der Waals surface area contributed by atoms with Crippen LogP contribution in [-0.4, -0.2) is 41.3 Å². The lowest BCUT2D eigenvalue weighted by atomic mass is 9.99. The number of methoxy groups -OCH3 is 1. The molecule has 1 aromatic heterocycles. The number of nitrogens with two attached hydrogens (primary N) is 2. The lowest BCUT2D eigenvalue weighted by Gasteiger charge is -2.33. The topological polar surface area (TPSA) is 141 Å². The van der Waals surface area contributed by atoms with E-state index in [2.05, 4.69) is 9.69 Å². The average Bonchev–Trinajstić information content (AvgIpc) is 3.42. The smallest absolute Gasteiger partial charge is 0.272 e. The second kappa shape index (κ2) is 10.7. The molecule has 2 aromatic rings. The van der Waals surface area contributed by atoms with Gasteiger partial charge in [0.15, 0.2) is 5.69 Å². The van der Waals surface area contributed by atoms with E-state index < -0.39 is 17.9 Å². The number of anilines is 2. The fourth-order valence-corrected chi connectivity index (χ4v) is 4.87. The number of aromatic nitrogens is 1. The largest absolute Gasteiger partial charge is 0.495 e. The van der Waals surface area contributed by atoms with E-state index in [1.807, 2.05) is 13.8 Å². The maximum atomic E-state index is 13.9. The summed E-state index contributed by atoms with van der Waals surface area (Å²) in [5.41, 5.74) is 11.6. The van der Waals surface area contributed by atoms with Crippen LogP contribution in [0.2, 0.25) is 0 Å². The number of nitrogen functional groups attached to an aromatic ring is 1. The summed E-state index contributed by atoms with van der Waals surface area (Å²) in [6.45, 7) is 3.99. The Kier molecular flexibility index (Phi) is 7.91. The van der Waals surface area contributed by atoms with Crippen LogP contribution in [0.4, 0.5) is 11.4 Å². The Morgan fingerprint density at radius 1 is 1.24 bits per heavy atom. The molecule has 1 fully saturated rings. The molecule has 5 N–H and O–H groups in total. The van der Waals surface area contributed by atoms with E-state index in [1.165, 1.54) is 12.0 Å². The molecule has 1 heterocycles. The van der Waals surface area contributed by atoms with Gasteiger partial charge in [-0.3, -0.25) is 19.3 Å². The molecule has 1 aliphatic carbocycles. The van der Waals surface area contributed by atoms with E-state index >= 15 is 0 Å². The van der Waals surface area contributed by atoms with Gasteiger partial charge in [-0.1, -0.05) is 38.8 Å². The number of para-hydroxylation sites is 2. The van der Waals surface area contributed by atoms with Crippen LogP contribution < -0.4 is 26.4 Å². The van der Waals surface area contributed by atoms with Crippen molar-refractivity contribution in [2.75, 3.05) is 17.7 Å². The normalized spacial score (nSPS) is 14.8. The zero-order chi connectivity index (χ0) is 24.1. The fourth-order valence-electron chi connectivity index (χ4n) is 4.13. The molecule has 1 unspecified atom stereocenters. The molecule has 1 atom stereocenters. The van der Waals surface area contributed by atoms with Gasteiger partial charge in [0.1, 0.15) is 16.7 Å². The summed E-state index contributed by atoms with van der Waals surface area (Å²) in [4.78, 5) is 40.5. The van der Waals surface area contributed by atoms with Crippen molar-refractivity contribution >= 4 is 40.6 Å². The SMILES string of the molecule is COc1ccccc1N(C(=O)c1snc(C(N)=O)c1N)C(CC(C)C)C(=O)NC1CCCC1. The van der Waals surface area contributed by atoms with Crippen LogP contribution in [0.15, 0.2) is 24.3 Å². The standard InChI is InChI=1S/C23H31N5O4S/c1-13(2)12-16(22(30)26-14-8-4-5-9-14)28(15-10-6-7-11-17(15)32-3)23(31)20-18(24)19(21(25)29)27-33-20/h6-7,10-11,13-14,16H,4-5,8-9,12,24H2,1-3H3,(H2,25,29)(H,26,30). The molecular formula is C23H31N5O4S. The molecule has 0 bridgehead atoms. The first-order valence-electron chi connectivity index (χ1n) is 11.1. The Balaban J connectivity index is 2.09. The van der Waals surface area contributed by atoms with Crippen LogP contribution in [0.5, 0.6) is 5.75 Å². The first kappa shape index (κ1) is 24.5. The number of benzene rings is 1. The molecule has 1 aliphatic rings. The van der Waals surface area contributed by atoms with Crippen molar-refractivity contribution in [2.45, 2.75) is 58.0 Å². The number of hydrogen-bond acceptors (Lipinski definition) is 7. The van der Waals surface area contributed by atoms with Gasteiger partial charge in [-0.05, 0) is 48.8 Å². The number of primary amides is 1. The number of nitrogens with one attached hydrogen (secondary N) is 1. The Bertz CT molecular complexity index is 1020. The van der Waals surface area contributed by atoms with E-state index in [1.54, 1.807) is 24.3 Å². The van der Waals surface area contributed by atoms with Crippen LogP contribution in [0, 0.1) is 5.92 Å². The highest BCUT2D eigenvalue weighted by Crippen LogP contribution is 2.35. The maximum Gasteiger partial charge on any atom is 0.272 e. The summed E-state index contributed by atoms with van der Waals surface area (Å²) in [7, 11) is 1.50. The molecule has 0 aliphatic heterocycles. The quantitative estimate of drug-likeness (QED) is 0.511. The zero-order valence-corrected chi connectivity index (χ0v) is 20.0. The van der Waals surface area contributed by atoms with Gasteiger partial charge in [0, 0.05) is 6.04 Å². The van der Waals surface area contributed by atoms with E-state index in [9.17, 15) is 14.4 Å². The van der Waals surface area contributed by atoms with Crippen LogP contribution in [-0.2, 0) is 4.79 Å². The highest BCUT2D eigenvalue weighted by atomic mass is 32.1. The van der Waals surface area contributed by atoms with Crippen molar-refractivity contribution in [3.63, 3.8) is 0 Å². The second-order valence-electron chi connectivity index (χ2n) is 8.62. The van der Waals surface area contributed by atoms with Gasteiger partial charge in [0.05, 0.1) is 18.5 Å². The summed E-state index contributed by atoms with van der Waals surface area (Å²) in [6.07, 6.45) is 4.41. The van der Waals surface area contributed by atoms with E-state index in [-0.39, 0.29) is 34.1 Å². The summed E-state index contributed by atoms with van der Waals surface area (Å²) >= 11 is 0.790. The summed E-state index contributed by atoms with van der Waals surface area (Å²) in [6, 6.07) is 6.28. The minimum atomic E-state index is -0.815.